The van der Waals surface area contributed by atoms with Crippen LogP contribution in [-0.2, 0) is 12.8 Å². The predicted molar refractivity (Wildman–Crippen MR) is 51.6 cm³/mol. The van der Waals surface area contributed by atoms with E-state index < -0.39 is 0 Å². The average Bonchev–Trinajstić information content (AvgIpc) is 2.94. The molecule has 1 heterocycles. The molecule has 13 heavy (non-hydrogen) atoms. The van der Waals surface area contributed by atoms with Crippen molar-refractivity contribution in [1.82, 2.24) is 9.78 Å². The topological polar surface area (TPSA) is 43.8 Å². The van der Waals surface area contributed by atoms with Crippen LogP contribution < -0.4 is 5.73 Å². The number of hydrogen-bond donors (Lipinski definition) is 1. The molecule has 1 aromatic rings. The van der Waals surface area contributed by atoms with Crippen LogP contribution in [0.15, 0.2) is 0 Å². The first kappa shape index (κ1) is 7.42. The standard InChI is InChI=1S/C10H15N3/c11-10-8-3-1-2-4-9(8)13(12-10)7-5-6-7/h7H,1-6H2,(H2,11,12). The van der Waals surface area contributed by atoms with Gasteiger partial charge in [-0.15, -0.1) is 0 Å². The molecule has 3 rings (SSSR count). The zero-order chi connectivity index (χ0) is 8.84. The molecule has 2 aliphatic carbocycles. The molecule has 3 heteroatoms. The van der Waals surface area contributed by atoms with Crippen molar-refractivity contribution in [3.8, 4) is 0 Å². The Labute approximate surface area is 77.9 Å². The van der Waals surface area contributed by atoms with Crippen LogP contribution in [-0.4, -0.2) is 9.78 Å². The van der Waals surface area contributed by atoms with Gasteiger partial charge in [0, 0.05) is 11.3 Å². The molecule has 1 fully saturated rings. The first-order valence-corrected chi connectivity index (χ1v) is 5.22. The van der Waals surface area contributed by atoms with Crippen LogP contribution in [0, 0.1) is 0 Å². The second-order valence-electron chi connectivity index (χ2n) is 4.19. The van der Waals surface area contributed by atoms with Gasteiger partial charge >= 0.3 is 0 Å². The molecule has 1 saturated carbocycles. The molecule has 70 valence electrons. The minimum Gasteiger partial charge on any atom is -0.382 e. The van der Waals surface area contributed by atoms with Gasteiger partial charge in [0.15, 0.2) is 0 Å². The third kappa shape index (κ3) is 1.06. The third-order valence-electron chi connectivity index (χ3n) is 3.13. The van der Waals surface area contributed by atoms with Gasteiger partial charge < -0.3 is 5.73 Å². The maximum Gasteiger partial charge on any atom is 0.148 e. The van der Waals surface area contributed by atoms with Gasteiger partial charge in [-0.1, -0.05) is 0 Å². The van der Waals surface area contributed by atoms with Crippen molar-refractivity contribution in [2.45, 2.75) is 44.6 Å². The number of nitrogen functional groups attached to an aromatic ring is 1. The number of nitrogens with zero attached hydrogens (tertiary/aromatic N) is 2. The van der Waals surface area contributed by atoms with Crippen LogP contribution in [0.1, 0.15) is 43.0 Å². The van der Waals surface area contributed by atoms with Crippen LogP contribution in [0.4, 0.5) is 5.82 Å². The minimum absolute atomic E-state index is 0.684. The van der Waals surface area contributed by atoms with Gasteiger partial charge in [-0.05, 0) is 38.5 Å². The monoisotopic (exact) mass is 177 g/mol. The Hall–Kier alpha value is -0.990. The van der Waals surface area contributed by atoms with Crippen molar-refractivity contribution >= 4 is 5.82 Å². The molecule has 0 amide bonds. The largest absolute Gasteiger partial charge is 0.382 e. The Morgan fingerprint density at radius 2 is 2.00 bits per heavy atom. The number of hydrogen-bond acceptors (Lipinski definition) is 2. The lowest BCUT2D eigenvalue weighted by atomic mass is 9.97. The molecule has 1 aromatic heterocycles. The van der Waals surface area contributed by atoms with Gasteiger partial charge in [0.25, 0.3) is 0 Å². The van der Waals surface area contributed by atoms with Gasteiger partial charge in [-0.3, -0.25) is 4.68 Å². The van der Waals surface area contributed by atoms with Crippen LogP contribution in [0.3, 0.4) is 0 Å². The van der Waals surface area contributed by atoms with E-state index in [2.05, 4.69) is 9.78 Å². The molecular weight excluding hydrogens is 162 g/mol. The van der Waals surface area contributed by atoms with Gasteiger partial charge in [0.05, 0.1) is 6.04 Å². The van der Waals surface area contributed by atoms with Gasteiger partial charge in [-0.25, -0.2) is 0 Å². The van der Waals surface area contributed by atoms with Crippen molar-refractivity contribution in [2.24, 2.45) is 0 Å². The van der Waals surface area contributed by atoms with Crippen LogP contribution in [0.2, 0.25) is 0 Å². The van der Waals surface area contributed by atoms with Gasteiger partial charge in [-0.2, -0.15) is 5.10 Å². The van der Waals surface area contributed by atoms with E-state index in [0.29, 0.717) is 6.04 Å². The van der Waals surface area contributed by atoms with E-state index >= 15 is 0 Å². The Kier molecular flexibility index (Phi) is 1.43. The molecule has 0 atom stereocenters. The number of nitrogens with two attached hydrogens (primary N) is 1. The van der Waals surface area contributed by atoms with E-state index in [9.17, 15) is 0 Å². The van der Waals surface area contributed by atoms with E-state index in [1.807, 2.05) is 0 Å². The highest BCUT2D eigenvalue weighted by Crippen LogP contribution is 2.38. The number of fused-ring (bicyclic) bond motifs is 1. The summed E-state index contributed by atoms with van der Waals surface area (Å²) in [4.78, 5) is 0. The van der Waals surface area contributed by atoms with E-state index in [-0.39, 0.29) is 0 Å². The molecule has 3 nitrogen and oxygen atoms in total. The summed E-state index contributed by atoms with van der Waals surface area (Å²) in [5, 5.41) is 4.45. The Balaban J connectivity index is 2.09. The fraction of sp³-hybridized carbons (Fsp3) is 0.700. The van der Waals surface area contributed by atoms with Crippen LogP contribution in [0.25, 0.3) is 0 Å². The van der Waals surface area contributed by atoms with Crippen molar-refractivity contribution in [2.75, 3.05) is 5.73 Å². The molecule has 2 aliphatic rings. The highest BCUT2D eigenvalue weighted by Gasteiger charge is 2.30. The molecule has 0 unspecified atom stereocenters. The molecule has 0 aliphatic heterocycles. The first-order chi connectivity index (χ1) is 6.36. The molecule has 2 N–H and O–H groups in total. The molecule has 0 spiro atoms. The SMILES string of the molecule is Nc1nn(C2CC2)c2c1CCCC2. The van der Waals surface area contributed by atoms with E-state index in [0.717, 1.165) is 12.2 Å². The van der Waals surface area contributed by atoms with Crippen molar-refractivity contribution in [1.29, 1.82) is 0 Å². The summed E-state index contributed by atoms with van der Waals surface area (Å²) in [6.07, 6.45) is 7.53. The first-order valence-electron chi connectivity index (χ1n) is 5.22. The lowest BCUT2D eigenvalue weighted by Gasteiger charge is -2.13. The summed E-state index contributed by atoms with van der Waals surface area (Å²) >= 11 is 0. The quantitative estimate of drug-likeness (QED) is 0.709. The average molecular weight is 177 g/mol. The third-order valence-corrected chi connectivity index (χ3v) is 3.13. The zero-order valence-electron chi connectivity index (χ0n) is 7.79. The molecular formula is C10H15N3. The summed E-state index contributed by atoms with van der Waals surface area (Å²) in [6, 6.07) is 0.684. The minimum atomic E-state index is 0.684. The lowest BCUT2D eigenvalue weighted by molar-refractivity contribution is 0.571. The Morgan fingerprint density at radius 3 is 2.77 bits per heavy atom. The number of aromatic nitrogens is 2. The summed E-state index contributed by atoms with van der Waals surface area (Å²) in [5.74, 6) is 0.793. The van der Waals surface area contributed by atoms with E-state index in [1.54, 1.807) is 0 Å². The Bertz CT molecular complexity index is 336. The van der Waals surface area contributed by atoms with Crippen LogP contribution in [0.5, 0.6) is 0 Å². The summed E-state index contributed by atoms with van der Waals surface area (Å²) in [6.45, 7) is 0. The van der Waals surface area contributed by atoms with E-state index in [4.69, 9.17) is 5.73 Å². The predicted octanol–water partition coefficient (Wildman–Crippen LogP) is 1.68. The molecule has 0 saturated heterocycles. The number of anilines is 1. The van der Waals surface area contributed by atoms with Crippen molar-refractivity contribution in [3.63, 3.8) is 0 Å². The maximum atomic E-state index is 5.90. The second kappa shape index (κ2) is 2.50. The van der Waals surface area contributed by atoms with Crippen LogP contribution >= 0.6 is 0 Å². The van der Waals surface area contributed by atoms with Crippen molar-refractivity contribution < 1.29 is 0 Å². The fourth-order valence-electron chi connectivity index (χ4n) is 2.28. The molecule has 0 bridgehead atoms. The molecule has 0 aromatic carbocycles. The number of rotatable bonds is 1. The normalized spacial score (nSPS) is 21.5. The van der Waals surface area contributed by atoms with Crippen molar-refractivity contribution in [3.05, 3.63) is 11.3 Å². The van der Waals surface area contributed by atoms with E-state index in [1.165, 1.54) is 43.4 Å². The Morgan fingerprint density at radius 1 is 1.23 bits per heavy atom. The summed E-state index contributed by atoms with van der Waals surface area (Å²) < 4.78 is 2.20. The van der Waals surface area contributed by atoms with Gasteiger partial charge in [0.2, 0.25) is 0 Å². The molecule has 0 radical (unpaired) electrons. The summed E-state index contributed by atoms with van der Waals surface area (Å²) in [5.41, 5.74) is 8.68. The lowest BCUT2D eigenvalue weighted by Crippen LogP contribution is -2.07. The maximum absolute atomic E-state index is 5.90. The smallest absolute Gasteiger partial charge is 0.148 e. The zero-order valence-corrected chi connectivity index (χ0v) is 7.79. The highest BCUT2D eigenvalue weighted by atomic mass is 15.3. The highest BCUT2D eigenvalue weighted by molar-refractivity contribution is 5.44. The summed E-state index contributed by atoms with van der Waals surface area (Å²) in [7, 11) is 0. The fourth-order valence-corrected chi connectivity index (χ4v) is 2.28. The second-order valence-corrected chi connectivity index (χ2v) is 4.19. The van der Waals surface area contributed by atoms with Gasteiger partial charge in [0.1, 0.15) is 5.82 Å².